The highest BCUT2D eigenvalue weighted by atomic mass is 19.4. The Kier molecular flexibility index (Phi) is 7.67. The molecule has 3 aliphatic rings. The van der Waals surface area contributed by atoms with E-state index < -0.39 is 42.7 Å². The number of alkyl halides is 3. The number of amides is 3. The molecule has 1 unspecified atom stereocenters. The van der Waals surface area contributed by atoms with E-state index in [0.29, 0.717) is 25.9 Å². The van der Waals surface area contributed by atoms with Gasteiger partial charge in [-0.3, -0.25) is 23.9 Å². The van der Waals surface area contributed by atoms with Gasteiger partial charge in [0, 0.05) is 19.0 Å². The van der Waals surface area contributed by atoms with E-state index in [0.717, 1.165) is 12.8 Å². The summed E-state index contributed by atoms with van der Waals surface area (Å²) in [5.41, 5.74) is -0.139. The van der Waals surface area contributed by atoms with Crippen LogP contribution in [0.1, 0.15) is 46.0 Å². The van der Waals surface area contributed by atoms with Crippen molar-refractivity contribution in [3.05, 3.63) is 0 Å². The number of hydrogen-bond acceptors (Lipinski definition) is 6. The second-order valence-electron chi connectivity index (χ2n) is 9.38. The first-order valence-corrected chi connectivity index (χ1v) is 11.1. The third-order valence-electron chi connectivity index (χ3n) is 6.39. The van der Waals surface area contributed by atoms with Gasteiger partial charge in [0.25, 0.3) is 0 Å². The lowest BCUT2D eigenvalue weighted by molar-refractivity contribution is -0.321. The summed E-state index contributed by atoms with van der Waals surface area (Å²) in [4.78, 5) is 51.7. The van der Waals surface area contributed by atoms with Crippen LogP contribution in [0.15, 0.2) is 0 Å². The van der Waals surface area contributed by atoms with Gasteiger partial charge in [-0.15, -0.1) is 13.2 Å². The zero-order valence-electron chi connectivity index (χ0n) is 18.7. The molecule has 2 aliphatic heterocycles. The average molecular weight is 477 g/mol. The van der Waals surface area contributed by atoms with Gasteiger partial charge in [0.15, 0.2) is 5.78 Å². The van der Waals surface area contributed by atoms with Crippen LogP contribution < -0.4 is 10.6 Å². The van der Waals surface area contributed by atoms with Crippen LogP contribution >= 0.6 is 0 Å². The number of hydrogen-bond donors (Lipinski definition) is 2. The van der Waals surface area contributed by atoms with E-state index in [2.05, 4.69) is 15.4 Å². The van der Waals surface area contributed by atoms with Crippen LogP contribution in [0.25, 0.3) is 0 Å². The average Bonchev–Trinajstić information content (AvgIpc) is 3.18. The quantitative estimate of drug-likeness (QED) is 0.484. The van der Waals surface area contributed by atoms with Gasteiger partial charge in [-0.2, -0.15) is 0 Å². The fourth-order valence-corrected chi connectivity index (χ4v) is 4.36. The predicted molar refractivity (Wildman–Crippen MR) is 108 cm³/mol. The summed E-state index contributed by atoms with van der Waals surface area (Å²) in [5, 5.41) is 5.11. The number of rotatable bonds is 10. The predicted octanol–water partition coefficient (Wildman–Crippen LogP) is 0.909. The second kappa shape index (κ2) is 9.96. The van der Waals surface area contributed by atoms with Gasteiger partial charge >= 0.3 is 6.36 Å². The van der Waals surface area contributed by atoms with Gasteiger partial charge in [0.1, 0.15) is 19.3 Å². The van der Waals surface area contributed by atoms with Crippen LogP contribution in [-0.2, 0) is 28.7 Å². The molecule has 2 saturated heterocycles. The molecule has 12 heteroatoms. The molecule has 3 atom stereocenters. The van der Waals surface area contributed by atoms with E-state index >= 15 is 0 Å². The molecule has 9 nitrogen and oxygen atoms in total. The molecule has 3 fully saturated rings. The number of carbonyl (C=O) groups excluding carboxylic acids is 4. The molecule has 0 radical (unpaired) electrons. The van der Waals surface area contributed by atoms with Crippen LogP contribution in [0, 0.1) is 11.3 Å². The van der Waals surface area contributed by atoms with Gasteiger partial charge < -0.3 is 20.3 Å². The number of ether oxygens (including phenoxy) is 2. The Labute approximate surface area is 189 Å². The standard InChI is InChI=1S/C21H30F3N3O6/c1-12(2)32-10-17(29)27-11-20(4-5-20)8-15(27)19(31)26-14(7-13-3-6-25-18(13)30)16(28)9-33-21(22,23)24/h12-15H,3-11H2,1-2H3,(H,25,30)(H,26,31)/t13-,14-,15?/m0/s1. The first-order valence-electron chi connectivity index (χ1n) is 11.1. The smallest absolute Gasteiger partial charge is 0.369 e. The molecule has 1 saturated carbocycles. The number of nitrogens with one attached hydrogen (secondary N) is 2. The first kappa shape index (κ1) is 25.4. The summed E-state index contributed by atoms with van der Waals surface area (Å²) in [6, 6.07) is -2.19. The molecule has 0 aromatic heterocycles. The molecule has 186 valence electrons. The molecule has 1 aliphatic carbocycles. The Morgan fingerprint density at radius 3 is 2.48 bits per heavy atom. The minimum absolute atomic E-state index is 0.139. The summed E-state index contributed by atoms with van der Waals surface area (Å²) >= 11 is 0. The monoisotopic (exact) mass is 477 g/mol. The Morgan fingerprint density at radius 1 is 1.24 bits per heavy atom. The Balaban J connectivity index is 1.69. The summed E-state index contributed by atoms with van der Waals surface area (Å²) < 4.78 is 46.3. The topological polar surface area (TPSA) is 114 Å². The third-order valence-corrected chi connectivity index (χ3v) is 6.39. The SMILES string of the molecule is CC(C)OCC(=O)N1CC2(CC2)CC1C(=O)N[C@@H](C[C@@H]1CCNC1=O)C(=O)COC(F)(F)F. The second-order valence-corrected chi connectivity index (χ2v) is 9.38. The number of carbonyl (C=O) groups is 4. The lowest BCUT2D eigenvalue weighted by Crippen LogP contribution is -2.52. The number of Topliss-reactive ketones (excluding diaryl/α,β-unsaturated/α-hetero) is 1. The summed E-state index contributed by atoms with van der Waals surface area (Å²) in [6.45, 7) is 2.88. The Hall–Kier alpha value is -2.21. The van der Waals surface area contributed by atoms with Crippen LogP contribution in [0.3, 0.4) is 0 Å². The number of ketones is 1. The molecule has 0 aromatic rings. The van der Waals surface area contributed by atoms with Crippen LogP contribution in [0.2, 0.25) is 0 Å². The van der Waals surface area contributed by atoms with Gasteiger partial charge in [-0.1, -0.05) is 0 Å². The normalized spacial score (nSPS) is 24.8. The van der Waals surface area contributed by atoms with E-state index in [4.69, 9.17) is 4.74 Å². The van der Waals surface area contributed by atoms with E-state index in [1.54, 1.807) is 13.8 Å². The molecule has 3 rings (SSSR count). The van der Waals surface area contributed by atoms with Crippen molar-refractivity contribution in [1.29, 1.82) is 0 Å². The molecular weight excluding hydrogens is 447 g/mol. The molecule has 1 spiro atoms. The van der Waals surface area contributed by atoms with Crippen molar-refractivity contribution in [2.45, 2.75) is 70.5 Å². The third kappa shape index (κ3) is 6.89. The molecule has 33 heavy (non-hydrogen) atoms. The zero-order chi connectivity index (χ0) is 24.4. The fourth-order valence-electron chi connectivity index (χ4n) is 4.36. The van der Waals surface area contributed by atoms with E-state index in [1.165, 1.54) is 4.90 Å². The number of halogens is 3. The van der Waals surface area contributed by atoms with Gasteiger partial charge in [0.05, 0.1) is 12.1 Å². The summed E-state index contributed by atoms with van der Waals surface area (Å²) in [7, 11) is 0. The van der Waals surface area contributed by atoms with Crippen molar-refractivity contribution in [2.24, 2.45) is 11.3 Å². The molecule has 0 bridgehead atoms. The van der Waals surface area contributed by atoms with E-state index in [9.17, 15) is 32.3 Å². The minimum atomic E-state index is -5.00. The van der Waals surface area contributed by atoms with Gasteiger partial charge in [-0.05, 0) is 51.4 Å². The maximum absolute atomic E-state index is 13.1. The molecule has 0 aromatic carbocycles. The fraction of sp³-hybridized carbons (Fsp3) is 0.810. The van der Waals surface area contributed by atoms with Gasteiger partial charge in [0.2, 0.25) is 17.7 Å². The lowest BCUT2D eigenvalue weighted by atomic mass is 9.95. The van der Waals surface area contributed by atoms with E-state index in [1.807, 2.05) is 0 Å². The minimum Gasteiger partial charge on any atom is -0.369 e. The number of nitrogens with zero attached hydrogens (tertiary/aromatic N) is 1. The van der Waals surface area contributed by atoms with Crippen LogP contribution in [0.4, 0.5) is 13.2 Å². The van der Waals surface area contributed by atoms with Crippen molar-refractivity contribution in [2.75, 3.05) is 26.3 Å². The van der Waals surface area contributed by atoms with E-state index in [-0.39, 0.29) is 36.4 Å². The Morgan fingerprint density at radius 2 is 1.94 bits per heavy atom. The van der Waals surface area contributed by atoms with Crippen LogP contribution in [-0.4, -0.2) is 79.3 Å². The maximum Gasteiger partial charge on any atom is 0.522 e. The zero-order valence-corrected chi connectivity index (χ0v) is 18.7. The summed E-state index contributed by atoms with van der Waals surface area (Å²) in [5.74, 6) is -2.90. The molecule has 3 amide bonds. The highest BCUT2D eigenvalue weighted by Crippen LogP contribution is 2.54. The lowest BCUT2D eigenvalue weighted by Gasteiger charge is -2.27. The van der Waals surface area contributed by atoms with Crippen molar-refractivity contribution in [3.63, 3.8) is 0 Å². The highest BCUT2D eigenvalue weighted by molar-refractivity contribution is 5.94. The van der Waals surface area contributed by atoms with Crippen molar-refractivity contribution >= 4 is 23.5 Å². The first-order chi connectivity index (χ1) is 15.4. The highest BCUT2D eigenvalue weighted by Gasteiger charge is 2.55. The largest absolute Gasteiger partial charge is 0.522 e. The number of likely N-dealkylation sites (tertiary alicyclic amines) is 1. The Bertz CT molecular complexity index is 784. The molecular formula is C21H30F3N3O6. The van der Waals surface area contributed by atoms with Crippen molar-refractivity contribution < 1.29 is 41.8 Å². The van der Waals surface area contributed by atoms with Crippen molar-refractivity contribution in [3.8, 4) is 0 Å². The van der Waals surface area contributed by atoms with Gasteiger partial charge in [-0.25, -0.2) is 0 Å². The van der Waals surface area contributed by atoms with Crippen LogP contribution in [0.5, 0.6) is 0 Å². The maximum atomic E-state index is 13.1. The van der Waals surface area contributed by atoms with Crippen molar-refractivity contribution in [1.82, 2.24) is 15.5 Å². The molecule has 2 N–H and O–H groups in total. The molecule has 2 heterocycles. The summed E-state index contributed by atoms with van der Waals surface area (Å²) in [6.07, 6.45) is -2.76.